The quantitative estimate of drug-likeness (QED) is 0.751. The molecule has 1 aliphatic heterocycles. The van der Waals surface area contributed by atoms with Crippen molar-refractivity contribution in [2.24, 2.45) is 9.98 Å². The molecule has 1 aromatic carbocycles. The van der Waals surface area contributed by atoms with E-state index in [2.05, 4.69) is 15.0 Å². The minimum atomic E-state index is -0.770. The first-order chi connectivity index (χ1) is 10.1. The maximum Gasteiger partial charge on any atom is 0.328 e. The van der Waals surface area contributed by atoms with Crippen LogP contribution in [0.4, 0.5) is 0 Å². The van der Waals surface area contributed by atoms with Crippen LogP contribution in [0.15, 0.2) is 55.6 Å². The number of H-pyrrole nitrogens is 2. The highest BCUT2D eigenvalue weighted by molar-refractivity contribution is 6.11. The van der Waals surface area contributed by atoms with Crippen molar-refractivity contribution in [3.63, 3.8) is 0 Å². The highest BCUT2D eigenvalue weighted by Crippen LogP contribution is 2.15. The fraction of sp³-hybridized carbons (Fsp3) is 0. The number of nitrogens with one attached hydrogen (secondary N) is 2. The van der Waals surface area contributed by atoms with Crippen molar-refractivity contribution in [2.45, 2.75) is 0 Å². The van der Waals surface area contributed by atoms with Gasteiger partial charge in [-0.05, 0) is 6.08 Å². The number of amidine groups is 1. The first-order valence-corrected chi connectivity index (χ1v) is 6.09. The van der Waals surface area contributed by atoms with E-state index in [4.69, 9.17) is 0 Å². The molecule has 0 unspecified atom stereocenters. The van der Waals surface area contributed by atoms with Gasteiger partial charge in [0.1, 0.15) is 5.56 Å². The molecule has 104 valence electrons. The van der Waals surface area contributed by atoms with Crippen LogP contribution in [0.3, 0.4) is 0 Å². The SMILES string of the molecule is O=c1[nH]c(O)c(/C=C2/C=NC(c3ccccc3)=N2)c(=O)[nH]1. The molecule has 7 heteroatoms. The normalized spacial score (nSPS) is 15.4. The van der Waals surface area contributed by atoms with Crippen molar-refractivity contribution in [3.05, 3.63) is 68.0 Å². The zero-order chi connectivity index (χ0) is 14.8. The maximum atomic E-state index is 11.6. The Morgan fingerprint density at radius 1 is 1.10 bits per heavy atom. The Morgan fingerprint density at radius 3 is 2.57 bits per heavy atom. The van der Waals surface area contributed by atoms with E-state index in [1.807, 2.05) is 35.3 Å². The van der Waals surface area contributed by atoms with E-state index in [0.29, 0.717) is 11.5 Å². The molecule has 0 saturated carbocycles. The first kappa shape index (κ1) is 12.8. The summed E-state index contributed by atoms with van der Waals surface area (Å²) in [7, 11) is 0. The monoisotopic (exact) mass is 282 g/mol. The van der Waals surface area contributed by atoms with Gasteiger partial charge in [-0.2, -0.15) is 0 Å². The number of aromatic amines is 2. The molecule has 3 rings (SSSR count). The number of rotatable bonds is 2. The van der Waals surface area contributed by atoms with Gasteiger partial charge in [-0.15, -0.1) is 0 Å². The Bertz CT molecular complexity index is 888. The van der Waals surface area contributed by atoms with Crippen LogP contribution in [0, 0.1) is 0 Å². The van der Waals surface area contributed by atoms with Gasteiger partial charge < -0.3 is 5.11 Å². The molecule has 0 amide bonds. The van der Waals surface area contributed by atoms with E-state index in [0.717, 1.165) is 5.56 Å². The summed E-state index contributed by atoms with van der Waals surface area (Å²) in [5.74, 6) is 0.00945. The third kappa shape index (κ3) is 2.57. The van der Waals surface area contributed by atoms with E-state index < -0.39 is 17.1 Å². The lowest BCUT2D eigenvalue weighted by molar-refractivity contribution is 0.447. The summed E-state index contributed by atoms with van der Waals surface area (Å²) in [6, 6.07) is 9.35. The summed E-state index contributed by atoms with van der Waals surface area (Å²) in [5.41, 5.74) is -0.290. The van der Waals surface area contributed by atoms with Crippen molar-refractivity contribution in [1.29, 1.82) is 0 Å². The lowest BCUT2D eigenvalue weighted by Crippen LogP contribution is -2.23. The molecule has 2 aromatic rings. The van der Waals surface area contributed by atoms with Crippen LogP contribution in [-0.2, 0) is 0 Å². The van der Waals surface area contributed by atoms with Crippen LogP contribution in [0.25, 0.3) is 6.08 Å². The van der Waals surface area contributed by atoms with Gasteiger partial charge in [0.2, 0.25) is 5.88 Å². The number of allylic oxidation sites excluding steroid dienone is 1. The zero-order valence-electron chi connectivity index (χ0n) is 10.7. The van der Waals surface area contributed by atoms with E-state index in [1.54, 1.807) is 0 Å². The van der Waals surface area contributed by atoms with Crippen molar-refractivity contribution < 1.29 is 5.11 Å². The highest BCUT2D eigenvalue weighted by Gasteiger charge is 2.11. The molecule has 21 heavy (non-hydrogen) atoms. The third-order valence-corrected chi connectivity index (χ3v) is 2.84. The molecule has 0 fully saturated rings. The Hall–Kier alpha value is -3.22. The van der Waals surface area contributed by atoms with E-state index in [-0.39, 0.29) is 5.56 Å². The topological polar surface area (TPSA) is 111 Å². The number of benzene rings is 1. The Morgan fingerprint density at radius 2 is 1.86 bits per heavy atom. The molecule has 3 N–H and O–H groups in total. The minimum absolute atomic E-state index is 0.0749. The summed E-state index contributed by atoms with van der Waals surface area (Å²) < 4.78 is 0. The molecule has 7 nitrogen and oxygen atoms in total. The van der Waals surface area contributed by atoms with Gasteiger partial charge in [0.05, 0.1) is 11.9 Å². The predicted octanol–water partition coefficient (Wildman–Crippen LogP) is 0.641. The summed E-state index contributed by atoms with van der Waals surface area (Å²) in [6.07, 6.45) is 2.83. The van der Waals surface area contributed by atoms with Crippen LogP contribution >= 0.6 is 0 Å². The number of nitrogens with zero attached hydrogens (tertiary/aromatic N) is 2. The fourth-order valence-electron chi connectivity index (χ4n) is 1.87. The van der Waals surface area contributed by atoms with Gasteiger partial charge in [-0.1, -0.05) is 30.3 Å². The third-order valence-electron chi connectivity index (χ3n) is 2.84. The van der Waals surface area contributed by atoms with Crippen molar-refractivity contribution in [1.82, 2.24) is 9.97 Å². The van der Waals surface area contributed by atoms with Crippen molar-refractivity contribution in [2.75, 3.05) is 0 Å². The molecular formula is C14H10N4O3. The highest BCUT2D eigenvalue weighted by atomic mass is 16.3. The minimum Gasteiger partial charge on any atom is -0.494 e. The summed E-state index contributed by atoms with van der Waals surface area (Å²) in [6.45, 7) is 0. The number of hydrogen-bond acceptors (Lipinski definition) is 5. The van der Waals surface area contributed by atoms with Crippen LogP contribution < -0.4 is 11.2 Å². The summed E-state index contributed by atoms with van der Waals surface area (Å²) in [4.78, 5) is 35.2. The molecule has 2 heterocycles. The van der Waals surface area contributed by atoms with Gasteiger partial charge in [-0.3, -0.25) is 14.8 Å². The molecule has 1 aliphatic rings. The molecule has 0 aliphatic carbocycles. The van der Waals surface area contributed by atoms with Crippen LogP contribution in [-0.4, -0.2) is 27.1 Å². The average Bonchev–Trinajstić information content (AvgIpc) is 2.92. The van der Waals surface area contributed by atoms with Gasteiger partial charge in [0, 0.05) is 5.56 Å². The standard InChI is InChI=1S/C14H10N4O3/c19-12-10(13(20)18-14(21)17-12)6-9-7-15-11(16-9)8-4-2-1-3-5-8/h1-7H,(H3,17,18,19,20,21)/b9-6-. The lowest BCUT2D eigenvalue weighted by Gasteiger charge is -1.97. The molecule has 1 aromatic heterocycles. The van der Waals surface area contributed by atoms with Gasteiger partial charge in [-0.25, -0.2) is 14.8 Å². The largest absolute Gasteiger partial charge is 0.494 e. The van der Waals surface area contributed by atoms with E-state index >= 15 is 0 Å². The Kier molecular flexibility index (Phi) is 3.07. The molecule has 0 spiro atoms. The number of aliphatic imine (C=N–C) groups is 2. The molecular weight excluding hydrogens is 272 g/mol. The smallest absolute Gasteiger partial charge is 0.328 e. The lowest BCUT2D eigenvalue weighted by atomic mass is 10.2. The molecule has 0 saturated heterocycles. The van der Waals surface area contributed by atoms with Crippen molar-refractivity contribution >= 4 is 18.1 Å². The van der Waals surface area contributed by atoms with Crippen LogP contribution in [0.5, 0.6) is 5.88 Å². The van der Waals surface area contributed by atoms with Gasteiger partial charge >= 0.3 is 5.69 Å². The average molecular weight is 282 g/mol. The zero-order valence-corrected chi connectivity index (χ0v) is 10.7. The van der Waals surface area contributed by atoms with E-state index in [9.17, 15) is 14.7 Å². The van der Waals surface area contributed by atoms with Crippen LogP contribution in [0.1, 0.15) is 11.1 Å². The maximum absolute atomic E-state index is 11.6. The molecule has 0 bridgehead atoms. The second-order valence-electron chi connectivity index (χ2n) is 4.30. The van der Waals surface area contributed by atoms with Gasteiger partial charge in [0.15, 0.2) is 5.84 Å². The second-order valence-corrected chi connectivity index (χ2v) is 4.30. The fourth-order valence-corrected chi connectivity index (χ4v) is 1.87. The number of aromatic nitrogens is 2. The number of hydrogen-bond donors (Lipinski definition) is 3. The van der Waals surface area contributed by atoms with E-state index in [1.165, 1.54) is 12.3 Å². The number of aromatic hydroxyl groups is 1. The first-order valence-electron chi connectivity index (χ1n) is 6.09. The molecule has 0 radical (unpaired) electrons. The summed E-state index contributed by atoms with van der Waals surface area (Å²) >= 11 is 0. The van der Waals surface area contributed by atoms with Crippen LogP contribution in [0.2, 0.25) is 0 Å². The predicted molar refractivity (Wildman–Crippen MR) is 78.8 cm³/mol. The molecule has 0 atom stereocenters. The van der Waals surface area contributed by atoms with Crippen molar-refractivity contribution in [3.8, 4) is 5.88 Å². The Balaban J connectivity index is 2.01. The Labute approximate surface area is 118 Å². The van der Waals surface area contributed by atoms with Gasteiger partial charge in [0.25, 0.3) is 5.56 Å². The second kappa shape index (κ2) is 5.04. The summed E-state index contributed by atoms with van der Waals surface area (Å²) in [5, 5.41) is 9.60.